The van der Waals surface area contributed by atoms with Gasteiger partial charge in [0.1, 0.15) is 0 Å². The van der Waals surface area contributed by atoms with Gasteiger partial charge in [-0.15, -0.1) is 0 Å². The van der Waals surface area contributed by atoms with Crippen LogP contribution in [-0.2, 0) is 4.74 Å². The molecule has 5 nitrogen and oxygen atoms in total. The molecular weight excluding hydrogens is 324 g/mol. The number of aliphatic imine (C=N–C) groups is 1. The average Bonchev–Trinajstić information content (AvgIpc) is 2.63. The third kappa shape index (κ3) is 5.35. The predicted octanol–water partition coefficient (Wildman–Crippen LogP) is 2.82. The average molecular weight is 365 g/mol. The molecular formula is C21H40N4O. The van der Waals surface area contributed by atoms with Crippen LogP contribution in [0.5, 0.6) is 0 Å². The number of likely N-dealkylation sites (tertiary alicyclic amines) is 2. The van der Waals surface area contributed by atoms with Crippen molar-refractivity contribution < 1.29 is 4.74 Å². The summed E-state index contributed by atoms with van der Waals surface area (Å²) < 4.78 is 5.83. The summed E-state index contributed by atoms with van der Waals surface area (Å²) in [6.45, 7) is 13.6. The summed E-state index contributed by atoms with van der Waals surface area (Å²) in [7, 11) is 1.94. The first-order chi connectivity index (χ1) is 12.6. The zero-order valence-corrected chi connectivity index (χ0v) is 17.3. The Bertz CT molecular complexity index is 453. The van der Waals surface area contributed by atoms with Crippen molar-refractivity contribution in [3.8, 4) is 0 Å². The molecule has 26 heavy (non-hydrogen) atoms. The van der Waals surface area contributed by atoms with Crippen LogP contribution in [0.25, 0.3) is 0 Å². The van der Waals surface area contributed by atoms with Crippen molar-refractivity contribution in [1.82, 2.24) is 15.1 Å². The highest BCUT2D eigenvalue weighted by atomic mass is 16.5. The highest BCUT2D eigenvalue weighted by Gasteiger charge is 2.38. The minimum Gasteiger partial charge on any atom is -0.381 e. The Morgan fingerprint density at radius 2 is 2.08 bits per heavy atom. The van der Waals surface area contributed by atoms with Gasteiger partial charge in [-0.1, -0.05) is 13.8 Å². The summed E-state index contributed by atoms with van der Waals surface area (Å²) in [5.41, 5.74) is 0.368. The van der Waals surface area contributed by atoms with E-state index in [4.69, 9.17) is 4.74 Å². The zero-order valence-electron chi connectivity index (χ0n) is 17.3. The molecule has 0 amide bonds. The Morgan fingerprint density at radius 1 is 1.23 bits per heavy atom. The molecule has 2 unspecified atom stereocenters. The van der Waals surface area contributed by atoms with Crippen LogP contribution in [0.15, 0.2) is 4.99 Å². The maximum absolute atomic E-state index is 5.83. The van der Waals surface area contributed by atoms with Gasteiger partial charge in [0.15, 0.2) is 5.96 Å². The van der Waals surface area contributed by atoms with Gasteiger partial charge in [-0.2, -0.15) is 0 Å². The van der Waals surface area contributed by atoms with Crippen LogP contribution in [-0.4, -0.2) is 75.3 Å². The summed E-state index contributed by atoms with van der Waals surface area (Å²) in [6, 6.07) is 0. The van der Waals surface area contributed by atoms with Gasteiger partial charge in [0.05, 0.1) is 6.61 Å². The number of nitrogens with zero attached hydrogens (tertiary/aromatic N) is 3. The van der Waals surface area contributed by atoms with E-state index in [0.29, 0.717) is 5.41 Å². The lowest BCUT2D eigenvalue weighted by atomic mass is 9.76. The van der Waals surface area contributed by atoms with E-state index in [-0.39, 0.29) is 0 Å². The van der Waals surface area contributed by atoms with E-state index in [0.717, 1.165) is 50.6 Å². The van der Waals surface area contributed by atoms with E-state index >= 15 is 0 Å². The number of ether oxygens (including phenoxy) is 1. The van der Waals surface area contributed by atoms with Gasteiger partial charge in [-0.05, 0) is 56.9 Å². The van der Waals surface area contributed by atoms with E-state index in [1.807, 2.05) is 7.05 Å². The third-order valence-corrected chi connectivity index (χ3v) is 6.35. The molecule has 0 aromatic carbocycles. The van der Waals surface area contributed by atoms with Crippen LogP contribution in [0.3, 0.4) is 0 Å². The molecule has 0 aromatic rings. The lowest BCUT2D eigenvalue weighted by Crippen LogP contribution is -2.54. The molecule has 0 radical (unpaired) electrons. The topological polar surface area (TPSA) is 40.1 Å². The number of rotatable bonds is 4. The Kier molecular flexibility index (Phi) is 7.21. The predicted molar refractivity (Wildman–Crippen MR) is 109 cm³/mol. The third-order valence-electron chi connectivity index (χ3n) is 6.35. The smallest absolute Gasteiger partial charge is 0.193 e. The molecule has 0 aliphatic carbocycles. The van der Waals surface area contributed by atoms with Crippen molar-refractivity contribution in [3.63, 3.8) is 0 Å². The second-order valence-electron chi connectivity index (χ2n) is 9.27. The van der Waals surface area contributed by atoms with Crippen LogP contribution in [0.1, 0.15) is 52.4 Å². The van der Waals surface area contributed by atoms with Crippen LogP contribution in [0.4, 0.5) is 0 Å². The quantitative estimate of drug-likeness (QED) is 0.615. The number of piperidine rings is 2. The van der Waals surface area contributed by atoms with E-state index in [1.165, 1.54) is 58.2 Å². The van der Waals surface area contributed by atoms with Crippen molar-refractivity contribution in [1.29, 1.82) is 0 Å². The maximum Gasteiger partial charge on any atom is 0.193 e. The first-order valence-electron chi connectivity index (χ1n) is 10.9. The van der Waals surface area contributed by atoms with Gasteiger partial charge < -0.3 is 19.9 Å². The number of hydrogen-bond acceptors (Lipinski definition) is 3. The van der Waals surface area contributed by atoms with Crippen LogP contribution in [0, 0.1) is 17.3 Å². The second kappa shape index (κ2) is 9.41. The minimum atomic E-state index is 0.368. The SMILES string of the molecule is CN=C(NCC1CCCN(CC(C)C)C1)N1CCCC2(CCCOC2)C1. The minimum absolute atomic E-state index is 0.368. The molecule has 2 atom stereocenters. The van der Waals surface area contributed by atoms with Crippen LogP contribution >= 0.6 is 0 Å². The number of hydrogen-bond donors (Lipinski definition) is 1. The monoisotopic (exact) mass is 364 g/mol. The summed E-state index contributed by atoms with van der Waals surface area (Å²) >= 11 is 0. The van der Waals surface area contributed by atoms with Gasteiger partial charge in [-0.3, -0.25) is 4.99 Å². The molecule has 5 heteroatoms. The Labute approximate surface area is 160 Å². The van der Waals surface area contributed by atoms with Gasteiger partial charge in [-0.25, -0.2) is 0 Å². The molecule has 3 aliphatic rings. The molecule has 3 saturated heterocycles. The molecule has 0 saturated carbocycles. The molecule has 3 heterocycles. The van der Waals surface area contributed by atoms with E-state index < -0.39 is 0 Å². The molecule has 3 fully saturated rings. The first kappa shape index (κ1) is 19.9. The second-order valence-corrected chi connectivity index (χ2v) is 9.27. The lowest BCUT2D eigenvalue weighted by Gasteiger charge is -2.46. The van der Waals surface area contributed by atoms with Crippen molar-refractivity contribution >= 4 is 5.96 Å². The summed E-state index contributed by atoms with van der Waals surface area (Å²) in [6.07, 6.45) is 7.78. The van der Waals surface area contributed by atoms with E-state index in [2.05, 4.69) is 34.0 Å². The highest BCUT2D eigenvalue weighted by Crippen LogP contribution is 2.37. The van der Waals surface area contributed by atoms with Crippen molar-refractivity contribution in [3.05, 3.63) is 0 Å². The van der Waals surface area contributed by atoms with Crippen molar-refractivity contribution in [2.75, 3.05) is 59.5 Å². The largest absolute Gasteiger partial charge is 0.381 e. The van der Waals surface area contributed by atoms with Crippen molar-refractivity contribution in [2.24, 2.45) is 22.2 Å². The van der Waals surface area contributed by atoms with Gasteiger partial charge in [0.25, 0.3) is 0 Å². The Hall–Kier alpha value is -0.810. The zero-order chi connectivity index (χ0) is 18.4. The van der Waals surface area contributed by atoms with Crippen LogP contribution in [0.2, 0.25) is 0 Å². The normalized spacial score (nSPS) is 31.6. The van der Waals surface area contributed by atoms with Gasteiger partial charge in [0, 0.05) is 51.8 Å². The fourth-order valence-electron chi connectivity index (χ4n) is 5.19. The fraction of sp³-hybridized carbons (Fsp3) is 0.952. The van der Waals surface area contributed by atoms with Crippen LogP contribution < -0.4 is 5.32 Å². The van der Waals surface area contributed by atoms with Gasteiger partial charge in [0.2, 0.25) is 0 Å². The summed E-state index contributed by atoms with van der Waals surface area (Å²) in [5.74, 6) is 2.61. The molecule has 0 bridgehead atoms. The summed E-state index contributed by atoms with van der Waals surface area (Å²) in [5, 5.41) is 3.71. The first-order valence-corrected chi connectivity index (χ1v) is 10.9. The number of guanidine groups is 1. The molecule has 3 aliphatic heterocycles. The highest BCUT2D eigenvalue weighted by molar-refractivity contribution is 5.80. The summed E-state index contributed by atoms with van der Waals surface area (Å²) in [4.78, 5) is 9.76. The van der Waals surface area contributed by atoms with E-state index in [1.54, 1.807) is 0 Å². The molecule has 0 aromatic heterocycles. The molecule has 150 valence electrons. The Morgan fingerprint density at radius 3 is 2.81 bits per heavy atom. The standard InChI is InChI=1S/C21H40N4O/c1-18(2)14-24-10-4-7-19(15-24)13-23-20(22-3)25-11-5-8-21(16-25)9-6-12-26-17-21/h18-19H,4-17H2,1-3H3,(H,22,23). The fourth-order valence-corrected chi connectivity index (χ4v) is 5.19. The molecule has 1 spiro atoms. The molecule has 1 N–H and O–H groups in total. The number of nitrogens with one attached hydrogen (secondary N) is 1. The van der Waals surface area contributed by atoms with Crippen molar-refractivity contribution in [2.45, 2.75) is 52.4 Å². The van der Waals surface area contributed by atoms with E-state index in [9.17, 15) is 0 Å². The maximum atomic E-state index is 5.83. The molecule has 3 rings (SSSR count). The lowest BCUT2D eigenvalue weighted by molar-refractivity contribution is -0.0370. The van der Waals surface area contributed by atoms with Gasteiger partial charge >= 0.3 is 0 Å². The Balaban J connectivity index is 1.49.